The number of hydrogen-bond donors (Lipinski definition) is 0. The van der Waals surface area contributed by atoms with Gasteiger partial charge in [-0.15, -0.1) is 11.3 Å². The molecule has 0 saturated carbocycles. The average molecular weight is 314 g/mol. The highest BCUT2D eigenvalue weighted by atomic mass is 32.2. The van der Waals surface area contributed by atoms with E-state index in [-0.39, 0.29) is 6.04 Å². The van der Waals surface area contributed by atoms with E-state index in [4.69, 9.17) is 0 Å². The summed E-state index contributed by atoms with van der Waals surface area (Å²) in [7, 11) is -0.284. The number of nitrogens with zero attached hydrogens (tertiary/aromatic N) is 4. The number of rotatable bonds is 4. The van der Waals surface area contributed by atoms with Gasteiger partial charge in [-0.2, -0.15) is 22.3 Å². The molecule has 8 heteroatoms. The molecule has 2 heterocycles. The summed E-state index contributed by atoms with van der Waals surface area (Å²) in [5.41, 5.74) is 0. The molecule has 1 unspecified atom stereocenters. The summed E-state index contributed by atoms with van der Waals surface area (Å²) in [5, 5.41) is 11.3. The first-order valence-corrected chi connectivity index (χ1v) is 8.59. The fourth-order valence-electron chi connectivity index (χ4n) is 2.20. The van der Waals surface area contributed by atoms with Gasteiger partial charge in [-0.3, -0.25) is 4.90 Å². The molecule has 110 valence electrons. The van der Waals surface area contributed by atoms with Gasteiger partial charge >= 0.3 is 0 Å². The highest BCUT2D eigenvalue weighted by molar-refractivity contribution is 7.86. The Morgan fingerprint density at radius 2 is 2.00 bits per heavy atom. The van der Waals surface area contributed by atoms with Gasteiger partial charge in [0.1, 0.15) is 6.04 Å². The maximum Gasteiger partial charge on any atom is 0.281 e. The predicted octanol–water partition coefficient (Wildman–Crippen LogP) is 0.737. The van der Waals surface area contributed by atoms with Crippen molar-refractivity contribution in [2.75, 3.05) is 40.3 Å². The van der Waals surface area contributed by atoms with Crippen LogP contribution in [0.2, 0.25) is 0 Å². The third-order valence-electron chi connectivity index (χ3n) is 3.36. The second kappa shape index (κ2) is 6.20. The molecule has 1 aromatic heterocycles. The first-order valence-electron chi connectivity index (χ1n) is 6.31. The molecule has 0 N–H and O–H groups in total. The highest BCUT2D eigenvalue weighted by Gasteiger charge is 2.31. The highest BCUT2D eigenvalue weighted by Crippen LogP contribution is 2.26. The van der Waals surface area contributed by atoms with Crippen LogP contribution in [0.25, 0.3) is 0 Å². The zero-order valence-corrected chi connectivity index (χ0v) is 13.2. The molecule has 1 atom stereocenters. The SMILES string of the molecule is CN(C)S(=O)(=O)N1CCN(C(C#N)c2cccs2)CC1. The van der Waals surface area contributed by atoms with E-state index >= 15 is 0 Å². The van der Waals surface area contributed by atoms with Crippen molar-refractivity contribution in [3.8, 4) is 6.07 Å². The predicted molar refractivity (Wildman–Crippen MR) is 78.4 cm³/mol. The van der Waals surface area contributed by atoms with E-state index in [2.05, 4.69) is 6.07 Å². The molecule has 1 saturated heterocycles. The second-order valence-electron chi connectivity index (χ2n) is 4.77. The van der Waals surface area contributed by atoms with Crippen LogP contribution in [0.15, 0.2) is 17.5 Å². The van der Waals surface area contributed by atoms with Crippen LogP contribution < -0.4 is 0 Å². The molecule has 1 aliphatic rings. The van der Waals surface area contributed by atoms with Crippen LogP contribution in [0.1, 0.15) is 10.9 Å². The summed E-state index contributed by atoms with van der Waals surface area (Å²) >= 11 is 1.56. The van der Waals surface area contributed by atoms with Crippen molar-refractivity contribution < 1.29 is 8.42 Å². The Hall–Kier alpha value is -0.980. The smallest absolute Gasteiger partial charge is 0.281 e. The number of thiophene rings is 1. The Balaban J connectivity index is 2.03. The van der Waals surface area contributed by atoms with Crippen molar-refractivity contribution in [2.24, 2.45) is 0 Å². The van der Waals surface area contributed by atoms with Gasteiger partial charge < -0.3 is 0 Å². The summed E-state index contributed by atoms with van der Waals surface area (Å²) in [6, 6.07) is 5.90. The average Bonchev–Trinajstić information content (AvgIpc) is 2.94. The summed E-state index contributed by atoms with van der Waals surface area (Å²) in [6.45, 7) is 1.99. The van der Waals surface area contributed by atoms with Crippen molar-refractivity contribution in [1.29, 1.82) is 5.26 Å². The lowest BCUT2D eigenvalue weighted by atomic mass is 10.2. The van der Waals surface area contributed by atoms with Gasteiger partial charge in [-0.25, -0.2) is 0 Å². The monoisotopic (exact) mass is 314 g/mol. The molecule has 0 amide bonds. The van der Waals surface area contributed by atoms with Gasteiger partial charge in [0.25, 0.3) is 10.2 Å². The minimum Gasteiger partial charge on any atom is -0.281 e. The van der Waals surface area contributed by atoms with Gasteiger partial charge in [0, 0.05) is 45.2 Å². The van der Waals surface area contributed by atoms with E-state index < -0.39 is 10.2 Å². The van der Waals surface area contributed by atoms with Crippen LogP contribution in [-0.2, 0) is 10.2 Å². The Labute approximate surface area is 124 Å². The first kappa shape index (κ1) is 15.4. The summed E-state index contributed by atoms with van der Waals surface area (Å²) in [6.07, 6.45) is 0. The van der Waals surface area contributed by atoms with Crippen LogP contribution in [0.5, 0.6) is 0 Å². The van der Waals surface area contributed by atoms with E-state index in [1.54, 1.807) is 11.3 Å². The lowest BCUT2D eigenvalue weighted by Crippen LogP contribution is -2.52. The summed E-state index contributed by atoms with van der Waals surface area (Å²) in [4.78, 5) is 3.05. The van der Waals surface area contributed by atoms with Crippen LogP contribution in [0.3, 0.4) is 0 Å². The van der Waals surface area contributed by atoms with E-state index in [1.807, 2.05) is 22.4 Å². The fraction of sp³-hybridized carbons (Fsp3) is 0.583. The maximum atomic E-state index is 12.0. The molecule has 0 aromatic carbocycles. The lowest BCUT2D eigenvalue weighted by Gasteiger charge is -2.36. The maximum absolute atomic E-state index is 12.0. The Bertz CT molecular complexity index is 569. The summed E-state index contributed by atoms with van der Waals surface area (Å²) < 4.78 is 26.8. The van der Waals surface area contributed by atoms with Crippen molar-refractivity contribution in [3.05, 3.63) is 22.4 Å². The third kappa shape index (κ3) is 3.02. The van der Waals surface area contributed by atoms with Gasteiger partial charge in [0.15, 0.2) is 0 Å². The Morgan fingerprint density at radius 1 is 1.35 bits per heavy atom. The van der Waals surface area contributed by atoms with Crippen LogP contribution >= 0.6 is 11.3 Å². The molecule has 20 heavy (non-hydrogen) atoms. The van der Waals surface area contributed by atoms with Gasteiger partial charge in [-0.05, 0) is 11.4 Å². The molecule has 0 aliphatic carbocycles. The number of hydrogen-bond acceptors (Lipinski definition) is 5. The van der Waals surface area contributed by atoms with Gasteiger partial charge in [-0.1, -0.05) is 6.07 Å². The molecule has 1 fully saturated rings. The zero-order chi connectivity index (χ0) is 14.8. The van der Waals surface area contributed by atoms with E-state index in [0.717, 1.165) is 4.88 Å². The van der Waals surface area contributed by atoms with Crippen LogP contribution in [-0.4, -0.2) is 62.2 Å². The molecule has 0 radical (unpaired) electrons. The Kier molecular flexibility index (Phi) is 4.78. The molecular weight excluding hydrogens is 296 g/mol. The normalized spacial score (nSPS) is 19.9. The lowest BCUT2D eigenvalue weighted by molar-refractivity contribution is 0.160. The van der Waals surface area contributed by atoms with E-state index in [9.17, 15) is 13.7 Å². The quantitative estimate of drug-likeness (QED) is 0.822. The number of nitriles is 1. The van der Waals surface area contributed by atoms with Crippen molar-refractivity contribution >= 4 is 21.5 Å². The van der Waals surface area contributed by atoms with E-state index in [0.29, 0.717) is 26.2 Å². The molecular formula is C12H18N4O2S2. The van der Waals surface area contributed by atoms with Gasteiger partial charge in [0.2, 0.25) is 0 Å². The molecule has 0 spiro atoms. The molecule has 1 aromatic rings. The molecule has 6 nitrogen and oxygen atoms in total. The first-order chi connectivity index (χ1) is 9.46. The Morgan fingerprint density at radius 3 is 2.45 bits per heavy atom. The number of piperazine rings is 1. The zero-order valence-electron chi connectivity index (χ0n) is 11.6. The van der Waals surface area contributed by atoms with Crippen LogP contribution in [0.4, 0.5) is 0 Å². The van der Waals surface area contributed by atoms with Crippen molar-refractivity contribution in [3.63, 3.8) is 0 Å². The van der Waals surface area contributed by atoms with E-state index in [1.165, 1.54) is 22.7 Å². The molecule has 0 bridgehead atoms. The minimum atomic E-state index is -3.35. The van der Waals surface area contributed by atoms with Crippen molar-refractivity contribution in [1.82, 2.24) is 13.5 Å². The summed E-state index contributed by atoms with van der Waals surface area (Å²) in [5.74, 6) is 0. The topological polar surface area (TPSA) is 67.7 Å². The fourth-order valence-corrected chi connectivity index (χ4v) is 4.08. The van der Waals surface area contributed by atoms with Gasteiger partial charge in [0.05, 0.1) is 6.07 Å². The second-order valence-corrected chi connectivity index (χ2v) is 7.89. The minimum absolute atomic E-state index is 0.279. The largest absolute Gasteiger partial charge is 0.281 e. The standard InChI is InChI=1S/C12H18N4O2S2/c1-14(2)20(17,18)16-7-5-15(6-8-16)11(10-13)12-4-3-9-19-12/h3-4,9,11H,5-8H2,1-2H3. The van der Waals surface area contributed by atoms with Crippen molar-refractivity contribution in [2.45, 2.75) is 6.04 Å². The third-order valence-corrected chi connectivity index (χ3v) is 6.23. The molecule has 1 aliphatic heterocycles. The molecule has 2 rings (SSSR count). The van der Waals surface area contributed by atoms with Crippen LogP contribution in [0, 0.1) is 11.3 Å².